The fourth-order valence-electron chi connectivity index (χ4n) is 13.8. The standard InChI is InChI=1S/C57H95N5O10/c1-11-12-29-70-51(68)36-61-25-23-60(24-26-62(28-27-61)37-52(69)72-55(6,7)8)35-42(58-34-50(67)71-54(3,4)5)30-39-14-16-41(17-15-39)59-49(66)20-13-38(2)44-18-19-45-53-46(33-48(65)57(44,45)10)56(9)22-21-43(63)31-40(56)32-47(53)64/h14-17,38,40,42-48,53,58,63-65H,11-13,18-37H2,1-10H3,(H,59,66). The van der Waals surface area contributed by atoms with Crippen LogP contribution in [0.1, 0.15) is 145 Å². The molecule has 12 atom stereocenters. The largest absolute Gasteiger partial charge is 0.465 e. The minimum Gasteiger partial charge on any atom is -0.465 e. The minimum atomic E-state index is -0.629. The van der Waals surface area contributed by atoms with E-state index in [2.05, 4.69) is 53.0 Å². The van der Waals surface area contributed by atoms with Gasteiger partial charge in [-0.2, -0.15) is 0 Å². The van der Waals surface area contributed by atoms with E-state index in [0.717, 1.165) is 56.9 Å². The summed E-state index contributed by atoms with van der Waals surface area (Å²) in [5, 5.41) is 40.9. The summed E-state index contributed by atoms with van der Waals surface area (Å²) >= 11 is 0. The molecule has 1 aromatic rings. The number of aliphatic hydroxyl groups excluding tert-OH is 3. The lowest BCUT2D eigenvalue weighted by Gasteiger charge is -2.63. The van der Waals surface area contributed by atoms with Gasteiger partial charge in [-0.15, -0.1) is 0 Å². The zero-order valence-corrected chi connectivity index (χ0v) is 45.9. The van der Waals surface area contributed by atoms with Crippen molar-refractivity contribution < 1.29 is 48.7 Å². The van der Waals surface area contributed by atoms with E-state index in [4.69, 9.17) is 14.2 Å². The van der Waals surface area contributed by atoms with Crippen LogP contribution in [0.5, 0.6) is 0 Å². The number of hydrogen-bond acceptors (Lipinski definition) is 14. The Hall–Kier alpha value is -3.18. The number of fused-ring (bicyclic) bond motifs is 5. The molecule has 15 nitrogen and oxygen atoms in total. The molecule has 1 aromatic carbocycles. The average Bonchev–Trinajstić information content (AvgIpc) is 3.68. The Labute approximate surface area is 432 Å². The Morgan fingerprint density at radius 3 is 2.01 bits per heavy atom. The molecule has 0 spiro atoms. The molecule has 5 aliphatic rings. The second-order valence-electron chi connectivity index (χ2n) is 25.2. The van der Waals surface area contributed by atoms with Gasteiger partial charge in [0.25, 0.3) is 0 Å². The molecule has 72 heavy (non-hydrogen) atoms. The molecule has 0 aromatic heterocycles. The monoisotopic (exact) mass is 1010 g/mol. The van der Waals surface area contributed by atoms with E-state index in [9.17, 15) is 34.5 Å². The van der Waals surface area contributed by atoms with Crippen molar-refractivity contribution in [3.63, 3.8) is 0 Å². The predicted molar refractivity (Wildman–Crippen MR) is 280 cm³/mol. The van der Waals surface area contributed by atoms with Crippen molar-refractivity contribution in [1.82, 2.24) is 20.0 Å². The maximum absolute atomic E-state index is 13.5. The molecule has 4 saturated carbocycles. The summed E-state index contributed by atoms with van der Waals surface area (Å²) in [6, 6.07) is 7.72. The highest BCUT2D eigenvalue weighted by Crippen LogP contribution is 2.68. The molecule has 4 aliphatic carbocycles. The van der Waals surface area contributed by atoms with Crippen LogP contribution in [-0.4, -0.2) is 161 Å². The molecular formula is C57H95N5O10. The number of nitrogens with zero attached hydrogens (tertiary/aromatic N) is 3. The highest BCUT2D eigenvalue weighted by atomic mass is 16.6. The van der Waals surface area contributed by atoms with E-state index < -0.39 is 23.4 Å². The van der Waals surface area contributed by atoms with Crippen LogP contribution in [0.15, 0.2) is 24.3 Å². The average molecular weight is 1010 g/mol. The van der Waals surface area contributed by atoms with Gasteiger partial charge < -0.3 is 40.2 Å². The third kappa shape index (κ3) is 15.7. The van der Waals surface area contributed by atoms with Gasteiger partial charge in [0.05, 0.1) is 44.6 Å². The van der Waals surface area contributed by atoms with E-state index in [1.807, 2.05) is 65.8 Å². The van der Waals surface area contributed by atoms with Crippen LogP contribution >= 0.6 is 0 Å². The van der Waals surface area contributed by atoms with Crippen LogP contribution in [0, 0.1) is 46.3 Å². The first-order valence-electron chi connectivity index (χ1n) is 27.8. The zero-order chi connectivity index (χ0) is 52.6. The summed E-state index contributed by atoms with van der Waals surface area (Å²) in [5.41, 5.74) is 0.220. The van der Waals surface area contributed by atoms with E-state index in [1.165, 1.54) is 0 Å². The van der Waals surface area contributed by atoms with Gasteiger partial charge in [0.2, 0.25) is 5.91 Å². The summed E-state index contributed by atoms with van der Waals surface area (Å²) < 4.78 is 16.9. The normalized spacial score (nSPS) is 31.6. The van der Waals surface area contributed by atoms with Gasteiger partial charge in [0, 0.05) is 64.0 Å². The number of anilines is 1. The molecule has 1 amide bonds. The van der Waals surface area contributed by atoms with Gasteiger partial charge in [-0.25, -0.2) is 0 Å². The third-order valence-electron chi connectivity index (χ3n) is 17.6. The number of carbonyl (C=O) groups is 4. The van der Waals surface area contributed by atoms with Gasteiger partial charge in [-0.1, -0.05) is 46.2 Å². The van der Waals surface area contributed by atoms with Crippen molar-refractivity contribution in [1.29, 1.82) is 0 Å². The lowest BCUT2D eigenvalue weighted by atomic mass is 9.43. The maximum Gasteiger partial charge on any atom is 0.320 e. The summed E-state index contributed by atoms with van der Waals surface area (Å²) in [5.74, 6) is 0.465. The molecule has 6 rings (SSSR count). The maximum atomic E-state index is 13.5. The number of esters is 3. The number of hydrogen-bond donors (Lipinski definition) is 5. The molecule has 5 N–H and O–H groups in total. The molecule has 5 fully saturated rings. The lowest BCUT2D eigenvalue weighted by Crippen LogP contribution is -2.62. The molecule has 12 unspecified atom stereocenters. The molecule has 15 heteroatoms. The smallest absolute Gasteiger partial charge is 0.320 e. The fraction of sp³-hybridized carbons (Fsp3) is 0.825. The van der Waals surface area contributed by atoms with E-state index in [1.54, 1.807) is 0 Å². The van der Waals surface area contributed by atoms with Gasteiger partial charge >= 0.3 is 17.9 Å². The molecule has 0 bridgehead atoms. The van der Waals surface area contributed by atoms with Crippen LogP contribution in [0.25, 0.3) is 0 Å². The number of aliphatic hydroxyl groups is 3. The van der Waals surface area contributed by atoms with Crippen molar-refractivity contribution >= 4 is 29.5 Å². The topological polar surface area (TPSA) is 190 Å². The van der Waals surface area contributed by atoms with E-state index in [-0.39, 0.29) is 102 Å². The van der Waals surface area contributed by atoms with E-state index in [0.29, 0.717) is 83.8 Å². The lowest BCUT2D eigenvalue weighted by molar-refractivity contribution is -0.207. The summed E-state index contributed by atoms with van der Waals surface area (Å²) in [4.78, 5) is 58.9. The number of rotatable bonds is 19. The van der Waals surface area contributed by atoms with Gasteiger partial charge in [-0.3, -0.25) is 33.9 Å². The Morgan fingerprint density at radius 1 is 0.778 bits per heavy atom. The van der Waals surface area contributed by atoms with Gasteiger partial charge in [0.15, 0.2) is 0 Å². The second kappa shape index (κ2) is 25.1. The van der Waals surface area contributed by atoms with Crippen LogP contribution < -0.4 is 10.6 Å². The Bertz CT molecular complexity index is 1940. The number of unbranched alkanes of at least 4 members (excludes halogenated alkanes) is 1. The number of nitrogens with one attached hydrogen (secondary N) is 2. The molecule has 1 heterocycles. The Balaban J connectivity index is 1.07. The molecule has 408 valence electrons. The van der Waals surface area contributed by atoms with Crippen LogP contribution in [0.2, 0.25) is 0 Å². The summed E-state index contributed by atoms with van der Waals surface area (Å²) in [6.45, 7) is 25.1. The third-order valence-corrected chi connectivity index (χ3v) is 17.6. The number of benzene rings is 1. The molecule has 1 aliphatic heterocycles. The van der Waals surface area contributed by atoms with Crippen LogP contribution in [-0.2, 0) is 39.8 Å². The highest BCUT2D eigenvalue weighted by Gasteiger charge is 2.65. The minimum absolute atomic E-state index is 0.0249. The first-order valence-corrected chi connectivity index (χ1v) is 27.8. The number of amides is 1. The first-order chi connectivity index (χ1) is 33.9. The van der Waals surface area contributed by atoms with Crippen molar-refractivity contribution in [3.05, 3.63) is 29.8 Å². The fourth-order valence-corrected chi connectivity index (χ4v) is 13.8. The number of carbonyl (C=O) groups excluding carboxylic acids is 4. The highest BCUT2D eigenvalue weighted by molar-refractivity contribution is 5.90. The quantitative estimate of drug-likeness (QED) is 0.0578. The predicted octanol–water partition coefficient (Wildman–Crippen LogP) is 6.45. The van der Waals surface area contributed by atoms with Crippen molar-refractivity contribution in [2.75, 3.05) is 77.4 Å². The summed E-state index contributed by atoms with van der Waals surface area (Å²) in [7, 11) is 0. The Morgan fingerprint density at radius 2 is 1.39 bits per heavy atom. The van der Waals surface area contributed by atoms with E-state index >= 15 is 0 Å². The van der Waals surface area contributed by atoms with Crippen LogP contribution in [0.3, 0.4) is 0 Å². The number of ether oxygens (including phenoxy) is 3. The summed E-state index contributed by atoms with van der Waals surface area (Å²) in [6.07, 6.45) is 8.16. The SMILES string of the molecule is CCCCOC(=O)CN1CCN(CC(=O)OC(C)(C)C)CCN(CC(Cc2ccc(NC(=O)CCC(C)C3CCC4C5C(O)CC6CC(O)CCC6(C)C5CC(O)C34C)cc2)NCC(=O)OC(C)(C)C)CC1. The molecular weight excluding hydrogens is 915 g/mol. The molecule has 1 saturated heterocycles. The second-order valence-corrected chi connectivity index (χ2v) is 25.2. The van der Waals surface area contributed by atoms with Crippen molar-refractivity contribution in [3.8, 4) is 0 Å². The molecule has 0 radical (unpaired) electrons. The Kier molecular flexibility index (Phi) is 20.3. The van der Waals surface area contributed by atoms with Crippen molar-refractivity contribution in [2.24, 2.45) is 46.3 Å². The first kappa shape index (κ1) is 58.1. The van der Waals surface area contributed by atoms with Crippen molar-refractivity contribution in [2.45, 2.75) is 182 Å². The van der Waals surface area contributed by atoms with Crippen LogP contribution in [0.4, 0.5) is 5.69 Å². The van der Waals surface area contributed by atoms with Gasteiger partial charge in [-0.05, 0) is 170 Å². The van der Waals surface area contributed by atoms with Gasteiger partial charge in [0.1, 0.15) is 11.2 Å². The zero-order valence-electron chi connectivity index (χ0n) is 45.9.